The molecule has 2 aromatic rings. The maximum absolute atomic E-state index is 12.2. The second kappa shape index (κ2) is 8.78. The van der Waals surface area contributed by atoms with Gasteiger partial charge in [0, 0.05) is 16.8 Å². The first-order chi connectivity index (χ1) is 13.1. The lowest BCUT2D eigenvalue weighted by Gasteiger charge is -2.06. The average Bonchev–Trinajstić information content (AvgIpc) is 2.81. The van der Waals surface area contributed by atoms with Crippen LogP contribution in [0.3, 0.4) is 0 Å². The molecule has 0 spiro atoms. The van der Waals surface area contributed by atoms with Gasteiger partial charge in [-0.3, -0.25) is 14.6 Å². The minimum Gasteiger partial charge on any atom is -0.455 e. The smallest absolute Gasteiger partial charge is 0.310 e. The van der Waals surface area contributed by atoms with Gasteiger partial charge in [-0.25, -0.2) is 0 Å². The van der Waals surface area contributed by atoms with E-state index >= 15 is 0 Å². The average molecular weight is 383 g/mol. The molecule has 0 fully saturated rings. The number of aryl methyl sites for hydroxylation is 2. The van der Waals surface area contributed by atoms with Gasteiger partial charge in [0.2, 0.25) is 0 Å². The number of carbonyl (C=O) groups excluding carboxylic acids is 2. The normalized spacial score (nSPS) is 13.2. The van der Waals surface area contributed by atoms with E-state index in [2.05, 4.69) is 16.4 Å². The Labute approximate surface area is 162 Å². The second-order valence-corrected chi connectivity index (χ2v) is 7.68. The molecule has 0 aromatic carbocycles. The number of nitrogens with one attached hydrogen (secondary N) is 1. The number of nitriles is 1. The monoisotopic (exact) mass is 383 g/mol. The number of anilines is 1. The number of ether oxygens (including phenoxy) is 1. The van der Waals surface area contributed by atoms with E-state index in [0.717, 1.165) is 42.5 Å². The molecule has 0 saturated carbocycles. The lowest BCUT2D eigenvalue weighted by atomic mass is 10.1. The Morgan fingerprint density at radius 2 is 2.11 bits per heavy atom. The number of pyridine rings is 1. The summed E-state index contributed by atoms with van der Waals surface area (Å²) in [5.41, 5.74) is 3.23. The molecule has 0 saturated heterocycles. The van der Waals surface area contributed by atoms with Crippen molar-refractivity contribution in [1.82, 2.24) is 4.98 Å². The summed E-state index contributed by atoms with van der Waals surface area (Å²) >= 11 is 1.46. The topological polar surface area (TPSA) is 92.1 Å². The molecule has 3 rings (SSSR count). The predicted octanol–water partition coefficient (Wildman–Crippen LogP) is 3.32. The molecule has 0 radical (unpaired) electrons. The molecule has 2 aromatic heterocycles. The number of rotatable bonds is 5. The van der Waals surface area contributed by atoms with Crippen molar-refractivity contribution in [3.63, 3.8) is 0 Å². The molecule has 0 aliphatic heterocycles. The summed E-state index contributed by atoms with van der Waals surface area (Å²) in [5.74, 6) is -0.920. The molecule has 1 aliphatic carbocycles. The molecule has 0 bridgehead atoms. The highest BCUT2D eigenvalue weighted by Gasteiger charge is 2.21. The fourth-order valence-electron chi connectivity index (χ4n) is 3.08. The van der Waals surface area contributed by atoms with Gasteiger partial charge in [0.05, 0.1) is 12.0 Å². The van der Waals surface area contributed by atoms with Crippen LogP contribution in [0.4, 0.5) is 5.00 Å². The molecule has 2 heterocycles. The third-order valence-electron chi connectivity index (χ3n) is 4.47. The molecule has 1 amide bonds. The van der Waals surface area contributed by atoms with Crippen molar-refractivity contribution in [2.75, 3.05) is 11.9 Å². The van der Waals surface area contributed by atoms with Crippen LogP contribution in [0.25, 0.3) is 0 Å². The Kier molecular flexibility index (Phi) is 6.20. The summed E-state index contributed by atoms with van der Waals surface area (Å²) in [6.45, 7) is 1.50. The standard InChI is InChI=1S/C20H21N3O3S/c1-13-7-8-14(11-22-13)9-19(25)26-12-18(24)23-20-16(10-21)15-5-3-2-4-6-17(15)27-20/h7-8,11H,2-6,9,12H2,1H3,(H,23,24). The first kappa shape index (κ1) is 19.1. The minimum absolute atomic E-state index is 0.0668. The quantitative estimate of drug-likeness (QED) is 0.632. The fourth-order valence-corrected chi connectivity index (χ4v) is 4.33. The number of fused-ring (bicyclic) bond motifs is 1. The summed E-state index contributed by atoms with van der Waals surface area (Å²) in [4.78, 5) is 29.4. The molecule has 27 heavy (non-hydrogen) atoms. The number of hydrogen-bond acceptors (Lipinski definition) is 6. The first-order valence-corrected chi connectivity index (χ1v) is 9.80. The minimum atomic E-state index is -0.488. The van der Waals surface area contributed by atoms with Crippen LogP contribution >= 0.6 is 11.3 Å². The van der Waals surface area contributed by atoms with Crippen LogP contribution in [-0.4, -0.2) is 23.5 Å². The van der Waals surface area contributed by atoms with E-state index in [-0.39, 0.29) is 13.0 Å². The van der Waals surface area contributed by atoms with Crippen LogP contribution in [0.15, 0.2) is 18.3 Å². The van der Waals surface area contributed by atoms with Crippen molar-refractivity contribution < 1.29 is 14.3 Å². The van der Waals surface area contributed by atoms with Crippen molar-refractivity contribution in [2.45, 2.75) is 45.4 Å². The Balaban J connectivity index is 1.56. The summed E-state index contributed by atoms with van der Waals surface area (Å²) in [7, 11) is 0. The molecule has 1 N–H and O–H groups in total. The zero-order chi connectivity index (χ0) is 19.2. The van der Waals surface area contributed by atoms with Crippen LogP contribution < -0.4 is 5.32 Å². The van der Waals surface area contributed by atoms with Crippen LogP contribution in [0, 0.1) is 18.3 Å². The summed E-state index contributed by atoms with van der Waals surface area (Å²) < 4.78 is 5.05. The Bertz CT molecular complexity index is 881. The van der Waals surface area contributed by atoms with Crippen molar-refractivity contribution in [3.8, 4) is 6.07 Å². The highest BCUT2D eigenvalue weighted by Crippen LogP contribution is 2.36. The van der Waals surface area contributed by atoms with Gasteiger partial charge >= 0.3 is 5.97 Å². The zero-order valence-electron chi connectivity index (χ0n) is 15.2. The molecule has 0 atom stereocenters. The van der Waals surface area contributed by atoms with E-state index in [1.807, 2.05) is 19.1 Å². The van der Waals surface area contributed by atoms with Gasteiger partial charge in [-0.2, -0.15) is 5.26 Å². The molecule has 0 unspecified atom stereocenters. The number of amides is 1. The summed E-state index contributed by atoms with van der Waals surface area (Å²) in [5, 5.41) is 12.8. The van der Waals surface area contributed by atoms with E-state index < -0.39 is 11.9 Å². The van der Waals surface area contributed by atoms with Crippen LogP contribution in [0.2, 0.25) is 0 Å². The predicted molar refractivity (Wildman–Crippen MR) is 103 cm³/mol. The van der Waals surface area contributed by atoms with Gasteiger partial charge in [0.1, 0.15) is 11.1 Å². The Morgan fingerprint density at radius 1 is 1.30 bits per heavy atom. The van der Waals surface area contributed by atoms with Crippen LogP contribution in [0.5, 0.6) is 0 Å². The maximum atomic E-state index is 12.2. The first-order valence-electron chi connectivity index (χ1n) is 8.98. The fraction of sp³-hybridized carbons (Fsp3) is 0.400. The van der Waals surface area contributed by atoms with Crippen molar-refractivity contribution >= 4 is 28.2 Å². The molecule has 1 aliphatic rings. The second-order valence-electron chi connectivity index (χ2n) is 6.57. The number of thiophene rings is 1. The third kappa shape index (κ3) is 4.92. The van der Waals surface area contributed by atoms with Crippen molar-refractivity contribution in [3.05, 3.63) is 45.6 Å². The van der Waals surface area contributed by atoms with Gasteiger partial charge in [-0.1, -0.05) is 12.5 Å². The Morgan fingerprint density at radius 3 is 2.85 bits per heavy atom. The molecular formula is C20H21N3O3S. The van der Waals surface area contributed by atoms with Crippen LogP contribution in [-0.2, 0) is 33.6 Å². The highest BCUT2D eigenvalue weighted by molar-refractivity contribution is 7.16. The summed E-state index contributed by atoms with van der Waals surface area (Å²) in [6.07, 6.45) is 6.86. The van der Waals surface area contributed by atoms with E-state index in [9.17, 15) is 14.9 Å². The number of esters is 1. The highest BCUT2D eigenvalue weighted by atomic mass is 32.1. The van der Waals surface area contributed by atoms with E-state index in [0.29, 0.717) is 10.6 Å². The van der Waals surface area contributed by atoms with Gasteiger partial charge in [0.25, 0.3) is 5.91 Å². The number of aromatic nitrogens is 1. The lowest BCUT2D eigenvalue weighted by Crippen LogP contribution is -2.21. The van der Waals surface area contributed by atoms with Gasteiger partial charge in [-0.15, -0.1) is 11.3 Å². The third-order valence-corrected chi connectivity index (χ3v) is 5.68. The largest absolute Gasteiger partial charge is 0.455 e. The maximum Gasteiger partial charge on any atom is 0.310 e. The van der Waals surface area contributed by atoms with E-state index in [1.165, 1.54) is 22.6 Å². The molecule has 6 nitrogen and oxygen atoms in total. The lowest BCUT2D eigenvalue weighted by molar-refractivity contribution is -0.146. The SMILES string of the molecule is Cc1ccc(CC(=O)OCC(=O)Nc2sc3c(c2C#N)CCCCC3)cn1. The zero-order valence-corrected chi connectivity index (χ0v) is 16.0. The summed E-state index contributed by atoms with van der Waals surface area (Å²) in [6, 6.07) is 5.85. The van der Waals surface area contributed by atoms with Gasteiger partial charge in [0.15, 0.2) is 6.61 Å². The van der Waals surface area contributed by atoms with Gasteiger partial charge < -0.3 is 10.1 Å². The van der Waals surface area contributed by atoms with Gasteiger partial charge in [-0.05, 0) is 49.8 Å². The number of carbonyl (C=O) groups is 2. The molecular weight excluding hydrogens is 362 g/mol. The van der Waals surface area contributed by atoms with Crippen LogP contribution in [0.1, 0.15) is 46.5 Å². The Hall–Kier alpha value is -2.72. The van der Waals surface area contributed by atoms with E-state index in [4.69, 9.17) is 4.74 Å². The van der Waals surface area contributed by atoms with E-state index in [1.54, 1.807) is 6.20 Å². The number of nitrogens with zero attached hydrogens (tertiary/aromatic N) is 2. The van der Waals surface area contributed by atoms with Crippen molar-refractivity contribution in [1.29, 1.82) is 5.26 Å². The molecule has 140 valence electrons. The van der Waals surface area contributed by atoms with Crippen molar-refractivity contribution in [2.24, 2.45) is 0 Å². The molecule has 7 heteroatoms. The number of hydrogen-bond donors (Lipinski definition) is 1.